The highest BCUT2D eigenvalue weighted by Crippen LogP contribution is 2.29. The fraction of sp³-hybridized carbons (Fsp3) is 0.458. The molecule has 0 unspecified atom stereocenters. The minimum absolute atomic E-state index is 0.0648. The minimum atomic E-state index is -0.526. The van der Waals surface area contributed by atoms with Crippen LogP contribution in [0.1, 0.15) is 38.7 Å². The average Bonchev–Trinajstić information content (AvgIpc) is 2.75. The molecule has 0 saturated carbocycles. The van der Waals surface area contributed by atoms with E-state index in [1.807, 2.05) is 24.3 Å². The van der Waals surface area contributed by atoms with Gasteiger partial charge in [0.1, 0.15) is 18.5 Å². The zero-order valence-corrected chi connectivity index (χ0v) is 18.0. The van der Waals surface area contributed by atoms with Gasteiger partial charge in [-0.2, -0.15) is 0 Å². The molecule has 1 aliphatic heterocycles. The van der Waals surface area contributed by atoms with Crippen molar-refractivity contribution >= 4 is 11.9 Å². The highest BCUT2D eigenvalue weighted by atomic mass is 16.5. The number of para-hydroxylation sites is 1. The van der Waals surface area contributed by atoms with Crippen LogP contribution in [0.2, 0.25) is 0 Å². The molecule has 6 nitrogen and oxygen atoms in total. The Hall–Kier alpha value is -2.57. The van der Waals surface area contributed by atoms with Crippen LogP contribution < -0.4 is 9.47 Å². The summed E-state index contributed by atoms with van der Waals surface area (Å²) in [6.07, 6.45) is 4.71. The molecule has 6 heteroatoms. The molecule has 1 aliphatic rings. The summed E-state index contributed by atoms with van der Waals surface area (Å²) in [5, 5.41) is 20.5. The zero-order chi connectivity index (χ0) is 21.5. The number of hydrogen-bond donors (Lipinski definition) is 2. The summed E-state index contributed by atoms with van der Waals surface area (Å²) < 4.78 is 10.9. The molecule has 2 aromatic carbocycles. The van der Waals surface area contributed by atoms with E-state index in [4.69, 9.17) is 9.47 Å². The molecule has 0 aliphatic carbocycles. The third-order valence-corrected chi connectivity index (χ3v) is 5.68. The Morgan fingerprint density at radius 2 is 1.83 bits per heavy atom. The summed E-state index contributed by atoms with van der Waals surface area (Å²) in [5.41, 5.74) is 1.32. The largest absolute Gasteiger partial charge is 0.504 e. The van der Waals surface area contributed by atoms with Crippen molar-refractivity contribution in [3.05, 3.63) is 48.0 Å². The minimum Gasteiger partial charge on any atom is -0.504 e. The van der Waals surface area contributed by atoms with Crippen LogP contribution in [0.15, 0.2) is 47.5 Å². The van der Waals surface area contributed by atoms with Gasteiger partial charge in [0.05, 0.1) is 12.8 Å². The van der Waals surface area contributed by atoms with Crippen LogP contribution in [0.3, 0.4) is 0 Å². The van der Waals surface area contributed by atoms with Crippen molar-refractivity contribution in [1.29, 1.82) is 0 Å². The number of aliphatic hydroxyl groups excluding tert-OH is 1. The van der Waals surface area contributed by atoms with Gasteiger partial charge < -0.3 is 19.7 Å². The van der Waals surface area contributed by atoms with Crippen molar-refractivity contribution in [1.82, 2.24) is 4.90 Å². The molecule has 1 heterocycles. The zero-order valence-electron chi connectivity index (χ0n) is 18.0. The second-order valence-corrected chi connectivity index (χ2v) is 7.94. The Bertz CT molecular complexity index is 828. The first kappa shape index (κ1) is 22.1. The van der Waals surface area contributed by atoms with E-state index in [1.165, 1.54) is 26.4 Å². The van der Waals surface area contributed by atoms with Crippen molar-refractivity contribution in [3.63, 3.8) is 0 Å². The number of β-amino-alcohol motifs (C(OH)–C–C–N with tert-alkyl or cyclic N) is 1. The molecule has 2 N–H and O–H groups in total. The Balaban J connectivity index is 1.52. The standard InChI is InChI=1S/C24H32N2O4/c1-17-6-4-7-18(2)26(17)15-21(27)16-30-22-12-10-20(11-13-22)25-14-19-8-5-9-23(29-3)24(19)28/h5,8-14,17-18,21,27-28H,4,6-7,15-16H2,1-3H3/t17-,18+,21-/m1/s1. The second-order valence-electron chi connectivity index (χ2n) is 7.94. The number of rotatable bonds is 8. The fourth-order valence-corrected chi connectivity index (χ4v) is 3.90. The highest BCUT2D eigenvalue weighted by Gasteiger charge is 2.26. The fourth-order valence-electron chi connectivity index (χ4n) is 3.90. The summed E-state index contributed by atoms with van der Waals surface area (Å²) >= 11 is 0. The molecular weight excluding hydrogens is 380 g/mol. The number of phenols is 1. The van der Waals surface area contributed by atoms with Gasteiger partial charge in [-0.05, 0) is 63.1 Å². The number of benzene rings is 2. The number of likely N-dealkylation sites (tertiary alicyclic amines) is 1. The lowest BCUT2D eigenvalue weighted by atomic mass is 9.97. The third kappa shape index (κ3) is 5.74. The van der Waals surface area contributed by atoms with Crippen molar-refractivity contribution in [3.8, 4) is 17.2 Å². The maximum absolute atomic E-state index is 10.4. The average molecular weight is 413 g/mol. The molecular formula is C24H32N2O4. The van der Waals surface area contributed by atoms with E-state index in [0.29, 0.717) is 35.7 Å². The molecule has 3 atom stereocenters. The molecule has 0 radical (unpaired) electrons. The normalized spacial score (nSPS) is 20.9. The lowest BCUT2D eigenvalue weighted by Crippen LogP contribution is -2.48. The number of phenolic OH excluding ortho intramolecular Hbond substituents is 1. The van der Waals surface area contributed by atoms with Crippen molar-refractivity contribution < 1.29 is 19.7 Å². The van der Waals surface area contributed by atoms with Gasteiger partial charge in [-0.25, -0.2) is 0 Å². The Morgan fingerprint density at radius 1 is 1.13 bits per heavy atom. The summed E-state index contributed by atoms with van der Waals surface area (Å²) in [5.74, 6) is 1.17. The van der Waals surface area contributed by atoms with Gasteiger partial charge >= 0.3 is 0 Å². The topological polar surface area (TPSA) is 74.5 Å². The van der Waals surface area contributed by atoms with E-state index in [-0.39, 0.29) is 12.4 Å². The van der Waals surface area contributed by atoms with Gasteiger partial charge in [0, 0.05) is 30.4 Å². The SMILES string of the molecule is COc1cccc(C=Nc2ccc(OC[C@H](O)CN3[C@H](C)CCC[C@@H]3C)cc2)c1O. The summed E-state index contributed by atoms with van der Waals surface area (Å²) in [4.78, 5) is 6.77. The molecule has 1 saturated heterocycles. The van der Waals surface area contributed by atoms with Gasteiger partial charge in [-0.15, -0.1) is 0 Å². The Labute approximate surface area is 178 Å². The monoisotopic (exact) mass is 412 g/mol. The van der Waals surface area contributed by atoms with E-state index in [0.717, 1.165) is 5.69 Å². The lowest BCUT2D eigenvalue weighted by molar-refractivity contribution is 0.0209. The van der Waals surface area contributed by atoms with Gasteiger partial charge in [0.25, 0.3) is 0 Å². The molecule has 162 valence electrons. The number of aromatic hydroxyl groups is 1. The van der Waals surface area contributed by atoms with Crippen LogP contribution in [0.5, 0.6) is 17.2 Å². The van der Waals surface area contributed by atoms with Gasteiger partial charge in [0.15, 0.2) is 11.5 Å². The van der Waals surface area contributed by atoms with Gasteiger partial charge in [-0.3, -0.25) is 9.89 Å². The lowest BCUT2D eigenvalue weighted by Gasteiger charge is -2.40. The van der Waals surface area contributed by atoms with Gasteiger partial charge in [-0.1, -0.05) is 12.5 Å². The highest BCUT2D eigenvalue weighted by molar-refractivity contribution is 5.86. The molecule has 0 bridgehead atoms. The molecule has 0 amide bonds. The number of nitrogens with zero attached hydrogens (tertiary/aromatic N) is 2. The number of hydrogen-bond acceptors (Lipinski definition) is 6. The van der Waals surface area contributed by atoms with Crippen LogP contribution in [0.25, 0.3) is 0 Å². The first-order chi connectivity index (χ1) is 14.5. The van der Waals surface area contributed by atoms with Crippen molar-refractivity contribution in [2.45, 2.75) is 51.3 Å². The van der Waals surface area contributed by atoms with E-state index in [2.05, 4.69) is 23.7 Å². The van der Waals surface area contributed by atoms with Crippen molar-refractivity contribution in [2.24, 2.45) is 4.99 Å². The van der Waals surface area contributed by atoms with Crippen LogP contribution in [-0.2, 0) is 0 Å². The van der Waals surface area contributed by atoms with Crippen molar-refractivity contribution in [2.75, 3.05) is 20.3 Å². The Morgan fingerprint density at radius 3 is 2.50 bits per heavy atom. The van der Waals surface area contributed by atoms with E-state index < -0.39 is 6.10 Å². The Kier molecular flexibility index (Phi) is 7.71. The first-order valence-electron chi connectivity index (χ1n) is 10.5. The predicted octanol–water partition coefficient (Wildman–Crippen LogP) is 4.15. The maximum atomic E-state index is 10.4. The number of aliphatic imine (C=N–C) groups is 1. The number of ether oxygens (including phenoxy) is 2. The van der Waals surface area contributed by atoms with Crippen LogP contribution in [-0.4, -0.2) is 59.8 Å². The molecule has 0 aromatic heterocycles. The molecule has 1 fully saturated rings. The summed E-state index contributed by atoms with van der Waals surface area (Å²) in [6, 6.07) is 13.6. The first-order valence-corrected chi connectivity index (χ1v) is 10.5. The maximum Gasteiger partial charge on any atom is 0.166 e. The molecule has 2 aromatic rings. The van der Waals surface area contributed by atoms with Gasteiger partial charge in [0.2, 0.25) is 0 Å². The summed E-state index contributed by atoms with van der Waals surface area (Å²) in [6.45, 7) is 5.35. The van der Waals surface area contributed by atoms with E-state index in [1.54, 1.807) is 24.4 Å². The smallest absolute Gasteiger partial charge is 0.166 e. The quantitative estimate of drug-likeness (QED) is 0.637. The number of methoxy groups -OCH3 is 1. The van der Waals surface area contributed by atoms with Crippen LogP contribution in [0.4, 0.5) is 5.69 Å². The molecule has 30 heavy (non-hydrogen) atoms. The third-order valence-electron chi connectivity index (χ3n) is 5.68. The van der Waals surface area contributed by atoms with E-state index in [9.17, 15) is 10.2 Å². The second kappa shape index (κ2) is 10.5. The predicted molar refractivity (Wildman–Crippen MR) is 119 cm³/mol. The molecule has 3 rings (SSSR count). The molecule has 0 spiro atoms. The number of aliphatic hydroxyl groups is 1. The summed E-state index contributed by atoms with van der Waals surface area (Å²) in [7, 11) is 1.51. The van der Waals surface area contributed by atoms with Crippen LogP contribution >= 0.6 is 0 Å². The van der Waals surface area contributed by atoms with E-state index >= 15 is 0 Å². The number of piperidine rings is 1. The van der Waals surface area contributed by atoms with Crippen LogP contribution in [0, 0.1) is 0 Å².